The maximum Gasteiger partial charge on any atom is 0.279 e. The van der Waals surface area contributed by atoms with Gasteiger partial charge in [0, 0.05) is 17.0 Å². The number of carbonyl (C=O) groups is 1. The standard InChI is InChI=1S/C18H17N3O3S3/c1-3-9-21-15-8-7-14(27(19,23)24)11-16(15)26-18(21)20-17(22)12-5-4-6-13(10-12)25-2/h3-8,10-11H,1,9H2,2H3,(H2,19,23,24). The van der Waals surface area contributed by atoms with Crippen LogP contribution in [0.3, 0.4) is 0 Å². The molecule has 0 spiro atoms. The molecule has 2 N–H and O–H groups in total. The summed E-state index contributed by atoms with van der Waals surface area (Å²) in [6, 6.07) is 11.8. The highest BCUT2D eigenvalue weighted by molar-refractivity contribution is 7.98. The Morgan fingerprint density at radius 3 is 2.78 bits per heavy atom. The first-order valence-corrected chi connectivity index (χ1v) is 11.4. The monoisotopic (exact) mass is 419 g/mol. The van der Waals surface area contributed by atoms with Crippen LogP contribution >= 0.6 is 23.1 Å². The van der Waals surface area contributed by atoms with Crippen molar-refractivity contribution in [2.24, 2.45) is 10.1 Å². The molecule has 0 aliphatic rings. The Morgan fingerprint density at radius 2 is 2.11 bits per heavy atom. The highest BCUT2D eigenvalue weighted by Gasteiger charge is 2.13. The predicted octanol–water partition coefficient (Wildman–Crippen LogP) is 3.00. The van der Waals surface area contributed by atoms with Gasteiger partial charge in [-0.3, -0.25) is 4.79 Å². The number of aromatic nitrogens is 1. The molecule has 0 saturated carbocycles. The molecule has 0 saturated heterocycles. The summed E-state index contributed by atoms with van der Waals surface area (Å²) in [5, 5.41) is 5.21. The first-order valence-electron chi connectivity index (χ1n) is 7.83. The van der Waals surface area contributed by atoms with Crippen LogP contribution in [-0.4, -0.2) is 25.1 Å². The minimum absolute atomic E-state index is 0.0209. The fraction of sp³-hybridized carbons (Fsp3) is 0.111. The molecule has 140 valence electrons. The molecule has 1 aromatic heterocycles. The number of rotatable bonds is 5. The van der Waals surface area contributed by atoms with Crippen molar-refractivity contribution in [3.05, 3.63) is 65.5 Å². The van der Waals surface area contributed by atoms with Gasteiger partial charge in [-0.2, -0.15) is 4.99 Å². The number of amides is 1. The van der Waals surface area contributed by atoms with Crippen molar-refractivity contribution in [2.45, 2.75) is 16.3 Å². The number of benzene rings is 2. The van der Waals surface area contributed by atoms with Crippen molar-refractivity contribution in [3.63, 3.8) is 0 Å². The Balaban J connectivity index is 2.16. The number of nitrogens with zero attached hydrogens (tertiary/aromatic N) is 2. The number of thiazole rings is 1. The van der Waals surface area contributed by atoms with E-state index >= 15 is 0 Å². The van der Waals surface area contributed by atoms with Crippen LogP contribution in [0, 0.1) is 0 Å². The van der Waals surface area contributed by atoms with Gasteiger partial charge in [-0.05, 0) is 42.7 Å². The lowest BCUT2D eigenvalue weighted by Crippen LogP contribution is -2.16. The lowest BCUT2D eigenvalue weighted by molar-refractivity contribution is 0.0997. The molecule has 0 fully saturated rings. The fourth-order valence-electron chi connectivity index (χ4n) is 2.53. The lowest BCUT2D eigenvalue weighted by Gasteiger charge is -2.02. The number of carbonyl (C=O) groups excluding carboxylic acids is 1. The highest BCUT2D eigenvalue weighted by Crippen LogP contribution is 2.22. The normalized spacial score (nSPS) is 12.4. The second-order valence-electron chi connectivity index (χ2n) is 5.61. The molecule has 0 aliphatic carbocycles. The van der Waals surface area contributed by atoms with Crippen LogP contribution in [0.15, 0.2) is 69.9 Å². The van der Waals surface area contributed by atoms with Crippen LogP contribution < -0.4 is 9.94 Å². The Morgan fingerprint density at radius 1 is 1.33 bits per heavy atom. The molecule has 0 unspecified atom stereocenters. The second-order valence-corrected chi connectivity index (χ2v) is 9.06. The number of allylic oxidation sites excluding steroid dienone is 1. The molecule has 9 heteroatoms. The molecule has 3 aromatic rings. The van der Waals surface area contributed by atoms with E-state index in [1.807, 2.05) is 23.0 Å². The van der Waals surface area contributed by atoms with Crippen molar-refractivity contribution in [1.29, 1.82) is 0 Å². The van der Waals surface area contributed by atoms with E-state index in [0.717, 1.165) is 10.4 Å². The summed E-state index contributed by atoms with van der Waals surface area (Å²) in [6.45, 7) is 4.18. The minimum Gasteiger partial charge on any atom is -0.312 e. The van der Waals surface area contributed by atoms with Gasteiger partial charge < -0.3 is 4.57 Å². The van der Waals surface area contributed by atoms with E-state index in [1.165, 1.54) is 23.5 Å². The van der Waals surface area contributed by atoms with Gasteiger partial charge in [-0.15, -0.1) is 18.3 Å². The summed E-state index contributed by atoms with van der Waals surface area (Å²) < 4.78 is 25.7. The SMILES string of the molecule is C=CCn1c(=NC(=O)c2cccc(SC)c2)sc2cc(S(N)(=O)=O)ccc21. The van der Waals surface area contributed by atoms with Gasteiger partial charge in [0.2, 0.25) is 10.0 Å². The topological polar surface area (TPSA) is 94.5 Å². The van der Waals surface area contributed by atoms with Gasteiger partial charge in [0.15, 0.2) is 4.80 Å². The molecular weight excluding hydrogens is 402 g/mol. The molecule has 0 aliphatic heterocycles. The number of sulfonamides is 1. The van der Waals surface area contributed by atoms with E-state index in [0.29, 0.717) is 21.6 Å². The summed E-state index contributed by atoms with van der Waals surface area (Å²) >= 11 is 2.78. The Bertz CT molecular complexity index is 1210. The van der Waals surface area contributed by atoms with Gasteiger partial charge in [0.1, 0.15) is 0 Å². The highest BCUT2D eigenvalue weighted by atomic mass is 32.2. The van der Waals surface area contributed by atoms with Gasteiger partial charge in [0.05, 0.1) is 15.1 Å². The average molecular weight is 420 g/mol. The minimum atomic E-state index is -3.81. The lowest BCUT2D eigenvalue weighted by atomic mass is 10.2. The quantitative estimate of drug-likeness (QED) is 0.508. The van der Waals surface area contributed by atoms with Crippen LogP contribution in [0.5, 0.6) is 0 Å². The first kappa shape index (κ1) is 19.6. The van der Waals surface area contributed by atoms with E-state index < -0.39 is 10.0 Å². The fourth-order valence-corrected chi connectivity index (χ4v) is 4.68. The van der Waals surface area contributed by atoms with Crippen molar-refractivity contribution in [1.82, 2.24) is 4.57 Å². The number of hydrogen-bond donors (Lipinski definition) is 1. The Labute approximate surface area is 165 Å². The van der Waals surface area contributed by atoms with Crippen LogP contribution in [0.4, 0.5) is 0 Å². The van der Waals surface area contributed by atoms with Crippen LogP contribution in [0.1, 0.15) is 10.4 Å². The van der Waals surface area contributed by atoms with E-state index in [2.05, 4.69) is 11.6 Å². The maximum atomic E-state index is 12.6. The first-order chi connectivity index (χ1) is 12.8. The molecular formula is C18H17N3O3S3. The summed E-state index contributed by atoms with van der Waals surface area (Å²) in [7, 11) is -3.81. The molecule has 0 radical (unpaired) electrons. The Hall–Kier alpha value is -2.20. The van der Waals surface area contributed by atoms with Crippen LogP contribution in [0.25, 0.3) is 10.2 Å². The molecule has 0 bridgehead atoms. The number of fused-ring (bicyclic) bond motifs is 1. The largest absolute Gasteiger partial charge is 0.312 e. The summed E-state index contributed by atoms with van der Waals surface area (Å²) in [5.41, 5.74) is 1.26. The molecule has 1 amide bonds. The van der Waals surface area contributed by atoms with Gasteiger partial charge in [0.25, 0.3) is 5.91 Å². The van der Waals surface area contributed by atoms with Gasteiger partial charge in [-0.25, -0.2) is 13.6 Å². The third-order valence-corrected chi connectivity index (χ3v) is 6.49. The zero-order chi connectivity index (χ0) is 19.6. The zero-order valence-corrected chi connectivity index (χ0v) is 16.9. The van der Waals surface area contributed by atoms with E-state index in [9.17, 15) is 13.2 Å². The van der Waals surface area contributed by atoms with Crippen molar-refractivity contribution in [2.75, 3.05) is 6.26 Å². The molecule has 27 heavy (non-hydrogen) atoms. The zero-order valence-electron chi connectivity index (χ0n) is 14.5. The van der Waals surface area contributed by atoms with Crippen LogP contribution in [0.2, 0.25) is 0 Å². The molecule has 1 heterocycles. The van der Waals surface area contributed by atoms with Crippen molar-refractivity contribution >= 4 is 49.2 Å². The number of nitrogens with two attached hydrogens (primary N) is 1. The van der Waals surface area contributed by atoms with E-state index in [4.69, 9.17) is 5.14 Å². The third kappa shape index (κ3) is 4.22. The van der Waals surface area contributed by atoms with Crippen molar-refractivity contribution < 1.29 is 13.2 Å². The van der Waals surface area contributed by atoms with Crippen molar-refractivity contribution in [3.8, 4) is 0 Å². The van der Waals surface area contributed by atoms with Crippen LogP contribution in [-0.2, 0) is 16.6 Å². The number of primary sulfonamides is 1. The average Bonchev–Trinajstić information content (AvgIpc) is 2.98. The summed E-state index contributed by atoms with van der Waals surface area (Å²) in [5.74, 6) is -0.359. The summed E-state index contributed by atoms with van der Waals surface area (Å²) in [4.78, 5) is 18.3. The van der Waals surface area contributed by atoms with Gasteiger partial charge >= 0.3 is 0 Å². The molecule has 0 atom stereocenters. The molecule has 3 rings (SSSR count). The van der Waals surface area contributed by atoms with E-state index in [-0.39, 0.29) is 10.8 Å². The molecule has 6 nitrogen and oxygen atoms in total. The third-order valence-electron chi connectivity index (χ3n) is 3.81. The smallest absolute Gasteiger partial charge is 0.279 e. The Kier molecular flexibility index (Phi) is 5.66. The predicted molar refractivity (Wildman–Crippen MR) is 110 cm³/mol. The van der Waals surface area contributed by atoms with E-state index in [1.54, 1.807) is 36.0 Å². The maximum absolute atomic E-state index is 12.6. The number of hydrogen-bond acceptors (Lipinski definition) is 5. The summed E-state index contributed by atoms with van der Waals surface area (Å²) in [6.07, 6.45) is 3.63. The second kappa shape index (κ2) is 7.81. The number of thioether (sulfide) groups is 1. The van der Waals surface area contributed by atoms with Gasteiger partial charge in [-0.1, -0.05) is 23.5 Å². The molecule has 2 aromatic carbocycles.